The van der Waals surface area contributed by atoms with Crippen molar-refractivity contribution in [3.05, 3.63) is 53.6 Å². The summed E-state index contributed by atoms with van der Waals surface area (Å²) < 4.78 is 10.6. The Morgan fingerprint density at radius 2 is 1.76 bits per heavy atom. The topological polar surface area (TPSA) is 30.5 Å². The number of methoxy groups -OCH3 is 2. The summed E-state index contributed by atoms with van der Waals surface area (Å²) in [6.45, 7) is 4.30. The fourth-order valence-electron chi connectivity index (χ4n) is 2.34. The van der Waals surface area contributed by atoms with Gasteiger partial charge in [0, 0.05) is 11.7 Å². The quantitative estimate of drug-likeness (QED) is 0.851. The van der Waals surface area contributed by atoms with Crippen molar-refractivity contribution in [3.8, 4) is 11.5 Å². The predicted octanol–water partition coefficient (Wildman–Crippen LogP) is 4.44. The highest BCUT2D eigenvalue weighted by molar-refractivity contribution is 5.50. The van der Waals surface area contributed by atoms with Gasteiger partial charge >= 0.3 is 0 Å². The van der Waals surface area contributed by atoms with Gasteiger partial charge in [0.1, 0.15) is 0 Å². The second kappa shape index (κ2) is 7.02. The van der Waals surface area contributed by atoms with E-state index in [-0.39, 0.29) is 6.04 Å². The molecule has 3 heteroatoms. The third kappa shape index (κ3) is 3.69. The fourth-order valence-corrected chi connectivity index (χ4v) is 2.34. The van der Waals surface area contributed by atoms with Crippen LogP contribution in [0.1, 0.15) is 31.0 Å². The maximum Gasteiger partial charge on any atom is 0.161 e. The van der Waals surface area contributed by atoms with Crippen LogP contribution in [0, 0.1) is 0 Å². The largest absolute Gasteiger partial charge is 0.493 e. The molecular weight excluding hydrogens is 262 g/mol. The first-order valence-electron chi connectivity index (χ1n) is 7.25. The second-order valence-corrected chi connectivity index (χ2v) is 5.03. The van der Waals surface area contributed by atoms with E-state index in [0.717, 1.165) is 29.2 Å². The zero-order valence-corrected chi connectivity index (χ0v) is 13.1. The van der Waals surface area contributed by atoms with E-state index in [2.05, 4.69) is 49.5 Å². The molecule has 112 valence electrons. The second-order valence-electron chi connectivity index (χ2n) is 5.03. The normalized spacial score (nSPS) is 11.8. The molecule has 0 heterocycles. The van der Waals surface area contributed by atoms with Crippen LogP contribution in [0.2, 0.25) is 0 Å². The maximum atomic E-state index is 5.36. The van der Waals surface area contributed by atoms with Gasteiger partial charge in [0.2, 0.25) is 0 Å². The van der Waals surface area contributed by atoms with Crippen molar-refractivity contribution in [2.24, 2.45) is 0 Å². The first-order chi connectivity index (χ1) is 10.2. The van der Waals surface area contributed by atoms with E-state index in [1.54, 1.807) is 14.2 Å². The molecule has 0 saturated carbocycles. The molecule has 0 saturated heterocycles. The summed E-state index contributed by atoms with van der Waals surface area (Å²) in [7, 11) is 3.31. The number of ether oxygens (including phenoxy) is 2. The van der Waals surface area contributed by atoms with Crippen molar-refractivity contribution < 1.29 is 9.47 Å². The predicted molar refractivity (Wildman–Crippen MR) is 87.4 cm³/mol. The van der Waals surface area contributed by atoms with Crippen LogP contribution in [0.25, 0.3) is 0 Å². The summed E-state index contributed by atoms with van der Waals surface area (Å²) in [5, 5.41) is 3.53. The SMILES string of the molecule is CCc1cccc(NC(C)c2ccc(OC)c(OC)c2)c1. The standard InChI is InChI=1S/C18H23NO2/c1-5-14-7-6-8-16(11-14)19-13(2)15-9-10-17(20-3)18(12-15)21-4/h6-13,19H,5H2,1-4H3. The Morgan fingerprint density at radius 1 is 1.00 bits per heavy atom. The van der Waals surface area contributed by atoms with Crippen LogP contribution >= 0.6 is 0 Å². The van der Waals surface area contributed by atoms with Gasteiger partial charge in [0.25, 0.3) is 0 Å². The average Bonchev–Trinajstić information content (AvgIpc) is 2.54. The van der Waals surface area contributed by atoms with Crippen molar-refractivity contribution in [1.29, 1.82) is 0 Å². The Balaban J connectivity index is 2.17. The van der Waals surface area contributed by atoms with Crippen LogP contribution < -0.4 is 14.8 Å². The molecule has 1 N–H and O–H groups in total. The van der Waals surface area contributed by atoms with Gasteiger partial charge in [-0.3, -0.25) is 0 Å². The summed E-state index contributed by atoms with van der Waals surface area (Å²) in [6.07, 6.45) is 1.04. The number of benzene rings is 2. The molecule has 0 aliphatic carbocycles. The van der Waals surface area contributed by atoms with E-state index >= 15 is 0 Å². The Labute approximate surface area is 126 Å². The molecule has 2 aromatic rings. The number of hydrogen-bond acceptors (Lipinski definition) is 3. The van der Waals surface area contributed by atoms with Gasteiger partial charge in [0.05, 0.1) is 14.2 Å². The molecule has 0 amide bonds. The number of anilines is 1. The molecule has 2 aromatic carbocycles. The van der Waals surface area contributed by atoms with Crippen molar-refractivity contribution in [2.75, 3.05) is 19.5 Å². The highest BCUT2D eigenvalue weighted by Gasteiger charge is 2.10. The van der Waals surface area contributed by atoms with Crippen LogP contribution in [-0.4, -0.2) is 14.2 Å². The minimum absolute atomic E-state index is 0.192. The molecule has 2 rings (SSSR count). The Morgan fingerprint density at radius 3 is 2.43 bits per heavy atom. The van der Waals surface area contributed by atoms with E-state index in [9.17, 15) is 0 Å². The van der Waals surface area contributed by atoms with Gasteiger partial charge < -0.3 is 14.8 Å². The van der Waals surface area contributed by atoms with Crippen molar-refractivity contribution in [1.82, 2.24) is 0 Å². The fraction of sp³-hybridized carbons (Fsp3) is 0.333. The van der Waals surface area contributed by atoms with Gasteiger partial charge in [-0.2, -0.15) is 0 Å². The van der Waals surface area contributed by atoms with Crippen molar-refractivity contribution >= 4 is 5.69 Å². The molecule has 0 spiro atoms. The average molecular weight is 285 g/mol. The lowest BCUT2D eigenvalue weighted by Gasteiger charge is -2.18. The molecule has 1 atom stereocenters. The lowest BCUT2D eigenvalue weighted by Crippen LogP contribution is -2.07. The first-order valence-corrected chi connectivity index (χ1v) is 7.25. The lowest BCUT2D eigenvalue weighted by molar-refractivity contribution is 0.354. The molecule has 0 fully saturated rings. The third-order valence-electron chi connectivity index (χ3n) is 3.63. The molecule has 0 radical (unpaired) electrons. The number of rotatable bonds is 6. The first kappa shape index (κ1) is 15.2. The third-order valence-corrected chi connectivity index (χ3v) is 3.63. The molecule has 0 aromatic heterocycles. The van der Waals surface area contributed by atoms with Crippen LogP contribution in [0.5, 0.6) is 11.5 Å². The number of aryl methyl sites for hydroxylation is 1. The summed E-state index contributed by atoms with van der Waals surface area (Å²) >= 11 is 0. The Kier molecular flexibility index (Phi) is 5.09. The molecule has 0 aliphatic heterocycles. The summed E-state index contributed by atoms with van der Waals surface area (Å²) in [5.41, 5.74) is 3.63. The summed E-state index contributed by atoms with van der Waals surface area (Å²) in [6, 6.07) is 14.7. The van der Waals surface area contributed by atoms with Crippen molar-refractivity contribution in [3.63, 3.8) is 0 Å². The summed E-state index contributed by atoms with van der Waals surface area (Å²) in [5.74, 6) is 1.51. The highest BCUT2D eigenvalue weighted by atomic mass is 16.5. The van der Waals surface area contributed by atoms with Gasteiger partial charge in [-0.25, -0.2) is 0 Å². The van der Waals surface area contributed by atoms with Crippen molar-refractivity contribution in [2.45, 2.75) is 26.3 Å². The monoisotopic (exact) mass is 285 g/mol. The minimum Gasteiger partial charge on any atom is -0.493 e. The van der Waals surface area contributed by atoms with Crippen LogP contribution in [0.15, 0.2) is 42.5 Å². The van der Waals surface area contributed by atoms with Crippen LogP contribution in [0.3, 0.4) is 0 Å². The van der Waals surface area contributed by atoms with Crippen LogP contribution in [0.4, 0.5) is 5.69 Å². The van der Waals surface area contributed by atoms with E-state index in [1.807, 2.05) is 12.1 Å². The summed E-state index contributed by atoms with van der Waals surface area (Å²) in [4.78, 5) is 0. The van der Waals surface area contributed by atoms with Gasteiger partial charge in [0.15, 0.2) is 11.5 Å². The molecule has 3 nitrogen and oxygen atoms in total. The molecule has 0 aliphatic rings. The Bertz CT molecular complexity index is 596. The van der Waals surface area contributed by atoms with Gasteiger partial charge in [-0.05, 0) is 48.7 Å². The Hall–Kier alpha value is -2.16. The minimum atomic E-state index is 0.192. The zero-order valence-electron chi connectivity index (χ0n) is 13.1. The van der Waals surface area contributed by atoms with Gasteiger partial charge in [-0.15, -0.1) is 0 Å². The van der Waals surface area contributed by atoms with E-state index in [4.69, 9.17) is 9.47 Å². The lowest BCUT2D eigenvalue weighted by atomic mass is 10.1. The zero-order chi connectivity index (χ0) is 15.2. The molecule has 0 bridgehead atoms. The van der Waals surface area contributed by atoms with E-state index in [0.29, 0.717) is 0 Å². The number of hydrogen-bond donors (Lipinski definition) is 1. The smallest absolute Gasteiger partial charge is 0.161 e. The molecular formula is C18H23NO2. The number of nitrogens with one attached hydrogen (secondary N) is 1. The highest BCUT2D eigenvalue weighted by Crippen LogP contribution is 2.31. The van der Waals surface area contributed by atoms with E-state index < -0.39 is 0 Å². The molecule has 1 unspecified atom stereocenters. The molecule has 21 heavy (non-hydrogen) atoms. The van der Waals surface area contributed by atoms with E-state index in [1.165, 1.54) is 5.56 Å². The maximum absolute atomic E-state index is 5.36. The van der Waals surface area contributed by atoms with Crippen LogP contribution in [-0.2, 0) is 6.42 Å². The van der Waals surface area contributed by atoms with Gasteiger partial charge in [-0.1, -0.05) is 25.1 Å².